The number of hydrogen-bond acceptors (Lipinski definition) is 3. The minimum Gasteiger partial charge on any atom is -0.317 e. The Hall–Kier alpha value is -0.120. The molecule has 1 unspecified atom stereocenters. The predicted octanol–water partition coefficient (Wildman–Crippen LogP) is 1.79. The third-order valence-corrected chi connectivity index (χ3v) is 4.61. The Morgan fingerprint density at radius 3 is 2.33 bits per heavy atom. The van der Waals surface area contributed by atoms with Crippen molar-refractivity contribution in [2.24, 2.45) is 5.92 Å². The molecular weight excluding hydrogens is 222 g/mol. The van der Waals surface area contributed by atoms with Gasteiger partial charge in [0, 0.05) is 38.8 Å². The number of nitrogens with zero attached hydrogens (tertiary/aromatic N) is 2. The van der Waals surface area contributed by atoms with Gasteiger partial charge < -0.3 is 15.1 Å². The fraction of sp³-hybridized carbons (Fsp3) is 1.00. The van der Waals surface area contributed by atoms with E-state index >= 15 is 0 Å². The summed E-state index contributed by atoms with van der Waals surface area (Å²) >= 11 is 0. The number of piperazine rings is 1. The number of rotatable bonds is 8. The monoisotopic (exact) mass is 253 g/mol. The van der Waals surface area contributed by atoms with Gasteiger partial charge in [-0.2, -0.15) is 0 Å². The van der Waals surface area contributed by atoms with E-state index in [1.54, 1.807) is 0 Å². The van der Waals surface area contributed by atoms with Crippen LogP contribution in [0.3, 0.4) is 0 Å². The molecule has 3 heteroatoms. The molecule has 1 atom stereocenters. The average Bonchev–Trinajstić information content (AvgIpc) is 3.21. The van der Waals surface area contributed by atoms with Crippen LogP contribution in [-0.4, -0.2) is 62.2 Å². The molecule has 3 nitrogen and oxygen atoms in total. The number of nitrogens with one attached hydrogen (secondary N) is 1. The van der Waals surface area contributed by atoms with Crippen molar-refractivity contribution < 1.29 is 0 Å². The quantitative estimate of drug-likeness (QED) is 0.711. The molecular formula is C15H31N3. The number of hydrogen-bond donors (Lipinski definition) is 1. The SMILES string of the molecule is CCC(CCCN1CCN(CC2CC2)CC1)NC. The van der Waals surface area contributed by atoms with Crippen LogP contribution in [0.4, 0.5) is 0 Å². The van der Waals surface area contributed by atoms with Crippen molar-refractivity contribution in [3.63, 3.8) is 0 Å². The molecule has 0 radical (unpaired) electrons. The van der Waals surface area contributed by atoms with Gasteiger partial charge in [-0.15, -0.1) is 0 Å². The Labute approximate surface area is 113 Å². The Kier molecular flexibility index (Phi) is 5.93. The van der Waals surface area contributed by atoms with Crippen LogP contribution in [0.2, 0.25) is 0 Å². The summed E-state index contributed by atoms with van der Waals surface area (Å²) < 4.78 is 0. The molecule has 1 saturated carbocycles. The van der Waals surface area contributed by atoms with Crippen molar-refractivity contribution in [3.8, 4) is 0 Å². The molecule has 0 aromatic carbocycles. The maximum atomic E-state index is 3.40. The van der Waals surface area contributed by atoms with Crippen LogP contribution in [0.1, 0.15) is 39.0 Å². The molecule has 2 fully saturated rings. The first kappa shape index (κ1) is 14.3. The van der Waals surface area contributed by atoms with Crippen LogP contribution >= 0.6 is 0 Å². The Bertz CT molecular complexity index is 216. The fourth-order valence-electron chi connectivity index (χ4n) is 2.97. The molecule has 0 spiro atoms. The van der Waals surface area contributed by atoms with Crippen molar-refractivity contribution >= 4 is 0 Å². The lowest BCUT2D eigenvalue weighted by Crippen LogP contribution is -2.47. The van der Waals surface area contributed by atoms with E-state index in [1.807, 2.05) is 0 Å². The molecule has 1 aliphatic heterocycles. The third kappa shape index (κ3) is 4.87. The van der Waals surface area contributed by atoms with Gasteiger partial charge in [-0.05, 0) is 51.6 Å². The van der Waals surface area contributed by atoms with Gasteiger partial charge in [0.15, 0.2) is 0 Å². The lowest BCUT2D eigenvalue weighted by Gasteiger charge is -2.35. The predicted molar refractivity (Wildman–Crippen MR) is 78.0 cm³/mol. The fourth-order valence-corrected chi connectivity index (χ4v) is 2.97. The lowest BCUT2D eigenvalue weighted by atomic mass is 10.1. The van der Waals surface area contributed by atoms with Gasteiger partial charge in [0.1, 0.15) is 0 Å². The van der Waals surface area contributed by atoms with Crippen molar-refractivity contribution in [1.82, 2.24) is 15.1 Å². The molecule has 1 heterocycles. The summed E-state index contributed by atoms with van der Waals surface area (Å²) in [6.45, 7) is 10.2. The lowest BCUT2D eigenvalue weighted by molar-refractivity contribution is 0.126. The highest BCUT2D eigenvalue weighted by atomic mass is 15.3. The van der Waals surface area contributed by atoms with Crippen LogP contribution in [0, 0.1) is 5.92 Å². The minimum atomic E-state index is 0.723. The van der Waals surface area contributed by atoms with E-state index in [9.17, 15) is 0 Å². The highest BCUT2D eigenvalue weighted by Gasteiger charge is 2.26. The van der Waals surface area contributed by atoms with Gasteiger partial charge in [0.2, 0.25) is 0 Å². The molecule has 1 saturated heterocycles. The van der Waals surface area contributed by atoms with Crippen molar-refractivity contribution in [2.75, 3.05) is 46.3 Å². The second-order valence-corrected chi connectivity index (χ2v) is 6.12. The van der Waals surface area contributed by atoms with Gasteiger partial charge in [0.05, 0.1) is 0 Å². The largest absolute Gasteiger partial charge is 0.317 e. The normalized spacial score (nSPS) is 24.3. The van der Waals surface area contributed by atoms with E-state index in [0.717, 1.165) is 12.0 Å². The molecule has 2 rings (SSSR count). The zero-order valence-corrected chi connectivity index (χ0v) is 12.3. The first-order chi connectivity index (χ1) is 8.81. The Morgan fingerprint density at radius 1 is 1.11 bits per heavy atom. The molecule has 0 amide bonds. The smallest absolute Gasteiger partial charge is 0.0110 e. The van der Waals surface area contributed by atoms with Crippen LogP contribution in [0.25, 0.3) is 0 Å². The summed E-state index contributed by atoms with van der Waals surface area (Å²) in [4.78, 5) is 5.34. The first-order valence-corrected chi connectivity index (χ1v) is 7.93. The van der Waals surface area contributed by atoms with E-state index in [4.69, 9.17) is 0 Å². The zero-order chi connectivity index (χ0) is 12.8. The first-order valence-electron chi connectivity index (χ1n) is 7.93. The summed E-state index contributed by atoms with van der Waals surface area (Å²) in [5.41, 5.74) is 0. The molecule has 1 N–H and O–H groups in total. The van der Waals surface area contributed by atoms with Crippen LogP contribution < -0.4 is 5.32 Å². The van der Waals surface area contributed by atoms with Gasteiger partial charge in [0.25, 0.3) is 0 Å². The van der Waals surface area contributed by atoms with Crippen LogP contribution in [0.15, 0.2) is 0 Å². The van der Waals surface area contributed by atoms with Crippen LogP contribution in [-0.2, 0) is 0 Å². The second-order valence-electron chi connectivity index (χ2n) is 6.12. The highest BCUT2D eigenvalue weighted by molar-refractivity contribution is 4.80. The summed E-state index contributed by atoms with van der Waals surface area (Å²) in [5.74, 6) is 1.05. The maximum Gasteiger partial charge on any atom is 0.0110 e. The topological polar surface area (TPSA) is 18.5 Å². The molecule has 0 aromatic rings. The van der Waals surface area contributed by atoms with Crippen molar-refractivity contribution in [1.29, 1.82) is 0 Å². The summed E-state index contributed by atoms with van der Waals surface area (Å²) in [5, 5.41) is 3.40. The molecule has 0 aromatic heterocycles. The highest BCUT2D eigenvalue weighted by Crippen LogP contribution is 2.29. The molecule has 1 aliphatic carbocycles. The standard InChI is InChI=1S/C15H31N3/c1-3-15(16-2)5-4-8-17-9-11-18(12-10-17)13-14-6-7-14/h14-16H,3-13H2,1-2H3. The van der Waals surface area contributed by atoms with Gasteiger partial charge in [-0.25, -0.2) is 0 Å². The summed E-state index contributed by atoms with van der Waals surface area (Å²) in [6, 6.07) is 0.723. The van der Waals surface area contributed by atoms with Gasteiger partial charge in [-0.3, -0.25) is 0 Å². The van der Waals surface area contributed by atoms with E-state index in [0.29, 0.717) is 0 Å². The van der Waals surface area contributed by atoms with Crippen LogP contribution in [0.5, 0.6) is 0 Å². The average molecular weight is 253 g/mol. The van der Waals surface area contributed by atoms with E-state index in [1.165, 1.54) is 71.4 Å². The third-order valence-electron chi connectivity index (χ3n) is 4.61. The molecule has 0 bridgehead atoms. The zero-order valence-electron chi connectivity index (χ0n) is 12.3. The summed E-state index contributed by atoms with van der Waals surface area (Å²) in [7, 11) is 2.09. The van der Waals surface area contributed by atoms with Gasteiger partial charge >= 0.3 is 0 Å². The maximum absolute atomic E-state index is 3.40. The molecule has 18 heavy (non-hydrogen) atoms. The Balaban J connectivity index is 1.52. The summed E-state index contributed by atoms with van der Waals surface area (Å²) in [6.07, 6.45) is 6.91. The van der Waals surface area contributed by atoms with E-state index in [-0.39, 0.29) is 0 Å². The van der Waals surface area contributed by atoms with Crippen molar-refractivity contribution in [2.45, 2.75) is 45.1 Å². The Morgan fingerprint density at radius 2 is 1.78 bits per heavy atom. The minimum absolute atomic E-state index is 0.723. The van der Waals surface area contributed by atoms with E-state index < -0.39 is 0 Å². The second kappa shape index (κ2) is 7.46. The molecule has 2 aliphatic rings. The van der Waals surface area contributed by atoms with Gasteiger partial charge in [-0.1, -0.05) is 6.92 Å². The van der Waals surface area contributed by atoms with E-state index in [2.05, 4.69) is 29.1 Å². The van der Waals surface area contributed by atoms with Crippen molar-refractivity contribution in [3.05, 3.63) is 0 Å². The molecule has 106 valence electrons.